The maximum atomic E-state index is 12.5. The Balaban J connectivity index is 1.85. The molecule has 0 aliphatic heterocycles. The number of benzene rings is 2. The van der Waals surface area contributed by atoms with Gasteiger partial charge in [0, 0.05) is 11.6 Å². The fourth-order valence-electron chi connectivity index (χ4n) is 2.35. The van der Waals surface area contributed by atoms with E-state index in [1.54, 1.807) is 18.2 Å². The van der Waals surface area contributed by atoms with Crippen molar-refractivity contribution < 1.29 is 4.52 Å². The van der Waals surface area contributed by atoms with Crippen LogP contribution in [-0.2, 0) is 0 Å². The summed E-state index contributed by atoms with van der Waals surface area (Å²) in [6.45, 7) is 0. The van der Waals surface area contributed by atoms with Crippen LogP contribution in [0.5, 0.6) is 0 Å². The second-order valence-electron chi connectivity index (χ2n) is 4.85. The minimum absolute atomic E-state index is 0.179. The third kappa shape index (κ3) is 2.00. The van der Waals surface area contributed by atoms with Crippen LogP contribution in [0.25, 0.3) is 28.0 Å². The van der Waals surface area contributed by atoms with Crippen LogP contribution in [0, 0.1) is 0 Å². The first-order valence-electron chi connectivity index (χ1n) is 6.82. The van der Waals surface area contributed by atoms with Gasteiger partial charge in [0.2, 0.25) is 5.88 Å². The van der Waals surface area contributed by atoms with Gasteiger partial charge < -0.3 is 4.52 Å². The van der Waals surface area contributed by atoms with Gasteiger partial charge in [0.1, 0.15) is 12.0 Å². The summed E-state index contributed by atoms with van der Waals surface area (Å²) in [7, 11) is 0. The van der Waals surface area contributed by atoms with Gasteiger partial charge in [-0.25, -0.2) is 9.55 Å². The van der Waals surface area contributed by atoms with Crippen molar-refractivity contribution in [1.82, 2.24) is 14.7 Å². The predicted octanol–water partition coefficient (Wildman–Crippen LogP) is 3.04. The lowest BCUT2D eigenvalue weighted by Crippen LogP contribution is -2.18. The van der Waals surface area contributed by atoms with Crippen molar-refractivity contribution in [1.29, 1.82) is 0 Å². The summed E-state index contributed by atoms with van der Waals surface area (Å²) < 4.78 is 6.67. The van der Waals surface area contributed by atoms with Crippen LogP contribution in [0.15, 0.2) is 76.3 Å². The molecular weight excluding hydrogens is 278 g/mol. The van der Waals surface area contributed by atoms with Crippen LogP contribution >= 0.6 is 0 Å². The van der Waals surface area contributed by atoms with Gasteiger partial charge in [0.05, 0.1) is 10.9 Å². The van der Waals surface area contributed by atoms with E-state index in [0.717, 1.165) is 5.56 Å². The molecule has 5 nitrogen and oxygen atoms in total. The number of rotatable bonds is 2. The summed E-state index contributed by atoms with van der Waals surface area (Å²) in [5.74, 6) is 0.349. The molecule has 0 unspecified atom stereocenters. The first kappa shape index (κ1) is 12.5. The van der Waals surface area contributed by atoms with E-state index in [2.05, 4.69) is 10.1 Å². The van der Waals surface area contributed by atoms with Crippen LogP contribution < -0.4 is 5.56 Å². The molecule has 106 valence electrons. The topological polar surface area (TPSA) is 60.9 Å². The molecular formula is C17H11N3O2. The Morgan fingerprint density at radius 1 is 0.955 bits per heavy atom. The van der Waals surface area contributed by atoms with E-state index in [9.17, 15) is 4.79 Å². The Morgan fingerprint density at radius 3 is 2.59 bits per heavy atom. The zero-order valence-electron chi connectivity index (χ0n) is 11.5. The Bertz CT molecular complexity index is 1000. The highest BCUT2D eigenvalue weighted by atomic mass is 16.5. The van der Waals surface area contributed by atoms with Crippen LogP contribution in [0.3, 0.4) is 0 Å². The van der Waals surface area contributed by atoms with E-state index in [-0.39, 0.29) is 5.56 Å². The zero-order chi connectivity index (χ0) is 14.9. The molecule has 4 rings (SSSR count). The molecule has 0 amide bonds. The summed E-state index contributed by atoms with van der Waals surface area (Å²) in [6.07, 6.45) is 1.46. The third-order valence-electron chi connectivity index (χ3n) is 3.47. The Kier molecular flexibility index (Phi) is 2.83. The number of hydrogen-bond donors (Lipinski definition) is 0. The van der Waals surface area contributed by atoms with Gasteiger partial charge in [-0.3, -0.25) is 4.79 Å². The third-order valence-corrected chi connectivity index (χ3v) is 3.47. The average Bonchev–Trinajstić information content (AvgIpc) is 3.06. The first-order chi connectivity index (χ1) is 10.8. The van der Waals surface area contributed by atoms with Crippen molar-refractivity contribution in [3.8, 4) is 17.1 Å². The van der Waals surface area contributed by atoms with Gasteiger partial charge in [-0.15, -0.1) is 0 Å². The standard InChI is InChI=1S/C17H11N3O2/c21-17-13-8-4-5-9-14(13)18-11-20(17)16-10-15(19-22-16)12-6-2-1-3-7-12/h1-11H. The maximum Gasteiger partial charge on any atom is 0.268 e. The zero-order valence-corrected chi connectivity index (χ0v) is 11.5. The fraction of sp³-hybridized carbons (Fsp3) is 0. The summed E-state index contributed by atoms with van der Waals surface area (Å²) in [6, 6.07) is 18.6. The SMILES string of the molecule is O=c1c2ccccc2ncn1-c1cc(-c2ccccc2)no1. The highest BCUT2D eigenvalue weighted by Crippen LogP contribution is 2.20. The van der Waals surface area contributed by atoms with Crippen molar-refractivity contribution in [2.24, 2.45) is 0 Å². The van der Waals surface area contributed by atoms with E-state index >= 15 is 0 Å². The van der Waals surface area contributed by atoms with Gasteiger partial charge in [-0.1, -0.05) is 47.6 Å². The van der Waals surface area contributed by atoms with E-state index in [0.29, 0.717) is 22.5 Å². The van der Waals surface area contributed by atoms with Crippen molar-refractivity contribution >= 4 is 10.9 Å². The Morgan fingerprint density at radius 2 is 1.73 bits per heavy atom. The molecule has 0 radical (unpaired) electrons. The Hall–Kier alpha value is -3.21. The first-order valence-corrected chi connectivity index (χ1v) is 6.82. The lowest BCUT2D eigenvalue weighted by atomic mass is 10.1. The average molecular weight is 289 g/mol. The van der Waals surface area contributed by atoms with Crippen molar-refractivity contribution in [2.75, 3.05) is 0 Å². The van der Waals surface area contributed by atoms with Crippen LogP contribution in [0.2, 0.25) is 0 Å². The van der Waals surface area contributed by atoms with Gasteiger partial charge >= 0.3 is 0 Å². The van der Waals surface area contributed by atoms with E-state index in [1.807, 2.05) is 42.5 Å². The van der Waals surface area contributed by atoms with Crippen molar-refractivity contribution in [3.05, 3.63) is 77.3 Å². The smallest absolute Gasteiger partial charge is 0.268 e. The number of fused-ring (bicyclic) bond motifs is 1. The quantitative estimate of drug-likeness (QED) is 0.569. The molecule has 5 heteroatoms. The number of hydrogen-bond acceptors (Lipinski definition) is 4. The lowest BCUT2D eigenvalue weighted by Gasteiger charge is -2.01. The van der Waals surface area contributed by atoms with Crippen LogP contribution in [0.4, 0.5) is 0 Å². The number of nitrogens with zero attached hydrogens (tertiary/aromatic N) is 3. The number of aromatic nitrogens is 3. The van der Waals surface area contributed by atoms with Crippen LogP contribution in [-0.4, -0.2) is 14.7 Å². The maximum absolute atomic E-state index is 12.5. The molecule has 0 saturated heterocycles. The molecule has 0 bridgehead atoms. The largest absolute Gasteiger partial charge is 0.337 e. The molecule has 22 heavy (non-hydrogen) atoms. The monoisotopic (exact) mass is 289 g/mol. The van der Waals surface area contributed by atoms with Crippen molar-refractivity contribution in [2.45, 2.75) is 0 Å². The van der Waals surface area contributed by atoms with E-state index in [4.69, 9.17) is 4.52 Å². The molecule has 0 N–H and O–H groups in total. The Labute approximate surface area is 125 Å². The molecule has 0 aliphatic carbocycles. The van der Waals surface area contributed by atoms with Gasteiger partial charge in [0.25, 0.3) is 5.56 Å². The minimum atomic E-state index is -0.179. The van der Waals surface area contributed by atoms with Crippen molar-refractivity contribution in [3.63, 3.8) is 0 Å². The molecule has 2 aromatic carbocycles. The predicted molar refractivity (Wildman–Crippen MR) is 82.8 cm³/mol. The van der Waals surface area contributed by atoms with E-state index < -0.39 is 0 Å². The molecule has 0 saturated carbocycles. The minimum Gasteiger partial charge on any atom is -0.337 e. The second kappa shape index (κ2) is 4.96. The molecule has 0 atom stereocenters. The normalized spacial score (nSPS) is 10.9. The summed E-state index contributed by atoms with van der Waals surface area (Å²) in [5.41, 5.74) is 2.09. The molecule has 2 aromatic heterocycles. The molecule has 0 spiro atoms. The summed E-state index contributed by atoms with van der Waals surface area (Å²) in [4.78, 5) is 16.8. The lowest BCUT2D eigenvalue weighted by molar-refractivity contribution is 0.405. The van der Waals surface area contributed by atoms with Gasteiger partial charge in [0.15, 0.2) is 0 Å². The molecule has 4 aromatic rings. The summed E-state index contributed by atoms with van der Waals surface area (Å²) in [5, 5.41) is 4.57. The van der Waals surface area contributed by atoms with E-state index in [1.165, 1.54) is 10.9 Å². The molecule has 0 fully saturated rings. The molecule has 2 heterocycles. The highest BCUT2D eigenvalue weighted by molar-refractivity contribution is 5.77. The second-order valence-corrected chi connectivity index (χ2v) is 4.85. The fourth-order valence-corrected chi connectivity index (χ4v) is 2.35. The van der Waals surface area contributed by atoms with Gasteiger partial charge in [-0.2, -0.15) is 0 Å². The van der Waals surface area contributed by atoms with Gasteiger partial charge in [-0.05, 0) is 12.1 Å². The molecule has 0 aliphatic rings. The number of para-hydroxylation sites is 1. The van der Waals surface area contributed by atoms with Crippen LogP contribution in [0.1, 0.15) is 0 Å². The summed E-state index contributed by atoms with van der Waals surface area (Å²) >= 11 is 0. The highest BCUT2D eigenvalue weighted by Gasteiger charge is 2.11.